The van der Waals surface area contributed by atoms with Crippen LogP contribution in [0, 0.1) is 0 Å². The van der Waals surface area contributed by atoms with E-state index in [1.807, 2.05) is 0 Å². The molecule has 1 aliphatic heterocycles. The topological polar surface area (TPSA) is 30.9 Å². The van der Waals surface area contributed by atoms with Gasteiger partial charge in [-0.2, -0.15) is 4.84 Å². The van der Waals surface area contributed by atoms with Crippen molar-refractivity contribution in [2.24, 2.45) is 0 Å². The molecule has 0 bridgehead atoms. The summed E-state index contributed by atoms with van der Waals surface area (Å²) in [5, 5.41) is 0.726. The summed E-state index contributed by atoms with van der Waals surface area (Å²) in [7, 11) is 1.30. The lowest BCUT2D eigenvalue weighted by Gasteiger charge is -2.33. The Hall–Kier alpha value is -0.370. The molecule has 0 N–H and O–H groups in total. The van der Waals surface area contributed by atoms with Crippen LogP contribution in [0.2, 0.25) is 0 Å². The Morgan fingerprint density at radius 2 is 2.15 bits per heavy atom. The minimum Gasteiger partial charge on any atom is -0.376 e. The molecule has 0 radical (unpaired) electrons. The quantitative estimate of drug-likeness (QED) is 0.659. The second kappa shape index (κ2) is 4.23. The smallest absolute Gasteiger partial charge is 0.376 e. The van der Waals surface area contributed by atoms with Crippen LogP contribution in [0.15, 0.2) is 0 Å². The van der Waals surface area contributed by atoms with Crippen molar-refractivity contribution in [3.05, 3.63) is 0 Å². The average molecular weight is 201 g/mol. The summed E-state index contributed by atoms with van der Waals surface area (Å²) in [6.45, 7) is 0.320. The van der Waals surface area contributed by atoms with Crippen molar-refractivity contribution in [2.45, 2.75) is 12.6 Å². The van der Waals surface area contributed by atoms with Gasteiger partial charge in [-0.05, 0) is 0 Å². The normalized spacial score (nSPS) is 26.3. The van der Waals surface area contributed by atoms with E-state index in [-0.39, 0.29) is 19.8 Å². The van der Waals surface area contributed by atoms with Gasteiger partial charge in [-0.15, -0.1) is 18.2 Å². The van der Waals surface area contributed by atoms with Gasteiger partial charge in [0.15, 0.2) is 6.23 Å². The third-order valence-corrected chi connectivity index (χ3v) is 1.53. The van der Waals surface area contributed by atoms with Gasteiger partial charge in [0, 0.05) is 7.11 Å². The summed E-state index contributed by atoms with van der Waals surface area (Å²) in [5.41, 5.74) is 0. The number of hydroxylamine groups is 2. The van der Waals surface area contributed by atoms with Crippen LogP contribution < -0.4 is 0 Å². The van der Waals surface area contributed by atoms with Gasteiger partial charge in [-0.3, -0.25) is 0 Å². The lowest BCUT2D eigenvalue weighted by molar-refractivity contribution is -0.445. The van der Waals surface area contributed by atoms with Gasteiger partial charge in [0.1, 0.15) is 0 Å². The Morgan fingerprint density at radius 3 is 2.69 bits per heavy atom. The number of methoxy groups -OCH3 is 1. The Kier molecular flexibility index (Phi) is 3.48. The van der Waals surface area contributed by atoms with Crippen LogP contribution in [0.4, 0.5) is 13.2 Å². The molecule has 0 spiro atoms. The first-order valence-corrected chi connectivity index (χ1v) is 3.66. The predicted octanol–water partition coefficient (Wildman–Crippen LogP) is 0.742. The second-order valence-corrected chi connectivity index (χ2v) is 2.44. The highest BCUT2D eigenvalue weighted by Gasteiger charge is 2.37. The fourth-order valence-corrected chi connectivity index (χ4v) is 0.989. The van der Waals surface area contributed by atoms with Crippen molar-refractivity contribution in [1.29, 1.82) is 0 Å². The number of alkyl halides is 3. The largest absolute Gasteiger partial charge is 0.539 e. The predicted molar refractivity (Wildman–Crippen MR) is 35.5 cm³/mol. The summed E-state index contributed by atoms with van der Waals surface area (Å²) < 4.78 is 45.0. The molecule has 7 heteroatoms. The molecule has 0 aromatic rings. The summed E-state index contributed by atoms with van der Waals surface area (Å²) in [6.07, 6.45) is -5.47. The van der Waals surface area contributed by atoms with Gasteiger partial charge in [-0.25, -0.2) is 0 Å². The van der Waals surface area contributed by atoms with Gasteiger partial charge in [0.25, 0.3) is 0 Å². The molecule has 4 nitrogen and oxygen atoms in total. The first kappa shape index (κ1) is 10.7. The highest BCUT2D eigenvalue weighted by molar-refractivity contribution is 4.59. The second-order valence-electron chi connectivity index (χ2n) is 2.44. The molecule has 0 amide bonds. The lowest BCUT2D eigenvalue weighted by atomic mass is 10.5. The first-order chi connectivity index (χ1) is 6.03. The summed E-state index contributed by atoms with van der Waals surface area (Å²) in [6, 6.07) is 0. The molecule has 1 saturated heterocycles. The van der Waals surface area contributed by atoms with Crippen molar-refractivity contribution in [1.82, 2.24) is 5.06 Å². The van der Waals surface area contributed by atoms with Crippen molar-refractivity contribution in [2.75, 3.05) is 26.9 Å². The zero-order chi connectivity index (χ0) is 9.90. The van der Waals surface area contributed by atoms with Crippen LogP contribution in [0.5, 0.6) is 0 Å². The number of nitrogens with zero attached hydrogens (tertiary/aromatic N) is 1. The Labute approximate surface area is 73.1 Å². The van der Waals surface area contributed by atoms with Crippen LogP contribution in [0.1, 0.15) is 0 Å². The highest BCUT2D eigenvalue weighted by atomic mass is 19.4. The van der Waals surface area contributed by atoms with Crippen LogP contribution >= 0.6 is 0 Å². The molecular formula is C6H10F3NO3. The molecule has 1 heterocycles. The van der Waals surface area contributed by atoms with E-state index in [2.05, 4.69) is 4.84 Å². The number of rotatable bonds is 2. The molecule has 78 valence electrons. The molecule has 1 fully saturated rings. The molecule has 1 aliphatic rings. The maximum atomic E-state index is 11.8. The minimum absolute atomic E-state index is 0.0397. The summed E-state index contributed by atoms with van der Waals surface area (Å²) in [4.78, 5) is 3.71. The SMILES string of the molecule is COC1COCCN1OC(F)(F)F. The van der Waals surface area contributed by atoms with E-state index in [1.165, 1.54) is 7.11 Å². The Balaban J connectivity index is 2.45. The fraction of sp³-hybridized carbons (Fsp3) is 1.00. The summed E-state index contributed by atoms with van der Waals surface area (Å²) >= 11 is 0. The first-order valence-electron chi connectivity index (χ1n) is 3.66. The molecule has 13 heavy (non-hydrogen) atoms. The average Bonchev–Trinajstić information content (AvgIpc) is 2.02. The highest BCUT2D eigenvalue weighted by Crippen LogP contribution is 2.21. The lowest BCUT2D eigenvalue weighted by Crippen LogP contribution is -2.48. The van der Waals surface area contributed by atoms with E-state index in [0.29, 0.717) is 0 Å². The van der Waals surface area contributed by atoms with E-state index >= 15 is 0 Å². The van der Waals surface area contributed by atoms with Gasteiger partial charge in [-0.1, -0.05) is 0 Å². The van der Waals surface area contributed by atoms with Crippen molar-refractivity contribution in [3.8, 4) is 0 Å². The molecule has 0 saturated carbocycles. The zero-order valence-corrected chi connectivity index (χ0v) is 7.00. The minimum atomic E-state index is -4.67. The Bertz CT molecular complexity index is 164. The van der Waals surface area contributed by atoms with E-state index < -0.39 is 12.6 Å². The van der Waals surface area contributed by atoms with Crippen molar-refractivity contribution in [3.63, 3.8) is 0 Å². The van der Waals surface area contributed by atoms with Crippen LogP contribution in [0.25, 0.3) is 0 Å². The number of hydrogen-bond acceptors (Lipinski definition) is 4. The van der Waals surface area contributed by atoms with Gasteiger partial charge in [0.05, 0.1) is 19.8 Å². The molecular weight excluding hydrogens is 191 g/mol. The third kappa shape index (κ3) is 3.47. The number of ether oxygens (including phenoxy) is 2. The fourth-order valence-electron chi connectivity index (χ4n) is 0.989. The molecule has 1 unspecified atom stereocenters. The number of morpholine rings is 1. The zero-order valence-electron chi connectivity index (χ0n) is 7.00. The molecule has 0 aromatic carbocycles. The summed E-state index contributed by atoms with van der Waals surface area (Å²) in [5.74, 6) is 0. The number of hydrogen-bond donors (Lipinski definition) is 0. The van der Waals surface area contributed by atoms with E-state index in [9.17, 15) is 13.2 Å². The molecule has 1 rings (SSSR count). The number of halogens is 3. The van der Waals surface area contributed by atoms with E-state index in [4.69, 9.17) is 9.47 Å². The van der Waals surface area contributed by atoms with Crippen molar-refractivity contribution >= 4 is 0 Å². The third-order valence-electron chi connectivity index (χ3n) is 1.53. The van der Waals surface area contributed by atoms with Gasteiger partial charge < -0.3 is 9.47 Å². The van der Waals surface area contributed by atoms with E-state index in [0.717, 1.165) is 5.06 Å². The maximum Gasteiger partial charge on any atom is 0.539 e. The molecule has 0 aromatic heterocycles. The Morgan fingerprint density at radius 1 is 1.46 bits per heavy atom. The molecule has 1 atom stereocenters. The van der Waals surface area contributed by atoms with Crippen LogP contribution in [0.3, 0.4) is 0 Å². The van der Waals surface area contributed by atoms with Crippen LogP contribution in [-0.2, 0) is 14.3 Å². The van der Waals surface area contributed by atoms with Gasteiger partial charge >= 0.3 is 6.36 Å². The van der Waals surface area contributed by atoms with Crippen LogP contribution in [-0.4, -0.2) is 44.5 Å². The molecule has 0 aliphatic carbocycles. The monoisotopic (exact) mass is 201 g/mol. The van der Waals surface area contributed by atoms with Gasteiger partial charge in [0.2, 0.25) is 0 Å². The van der Waals surface area contributed by atoms with Crippen molar-refractivity contribution < 1.29 is 27.5 Å². The maximum absolute atomic E-state index is 11.8. The standard InChI is InChI=1S/C6H10F3NO3/c1-11-5-4-12-3-2-10(5)13-6(7,8)9/h5H,2-4H2,1H3. The van der Waals surface area contributed by atoms with E-state index in [1.54, 1.807) is 0 Å².